The monoisotopic (exact) mass is 161 g/mol. The second kappa shape index (κ2) is 3.14. The van der Waals surface area contributed by atoms with Gasteiger partial charge in [-0.3, -0.25) is 9.00 Å². The molecule has 10 heavy (non-hydrogen) atoms. The van der Waals surface area contributed by atoms with Gasteiger partial charge in [0.25, 0.3) is 0 Å². The van der Waals surface area contributed by atoms with Gasteiger partial charge in [-0.15, -0.1) is 0 Å². The summed E-state index contributed by atoms with van der Waals surface area (Å²) >= 11 is 0. The highest BCUT2D eigenvalue weighted by atomic mass is 32.2. The van der Waals surface area contributed by atoms with Crippen LogP contribution in [0.1, 0.15) is 13.3 Å². The van der Waals surface area contributed by atoms with Gasteiger partial charge in [-0.2, -0.15) is 0 Å². The Kier molecular flexibility index (Phi) is 2.43. The Morgan fingerprint density at radius 2 is 2.30 bits per heavy atom. The van der Waals surface area contributed by atoms with Crippen LogP contribution < -0.4 is 5.32 Å². The minimum absolute atomic E-state index is 0.0571. The summed E-state index contributed by atoms with van der Waals surface area (Å²) in [7, 11) is -0.655. The third-order valence-corrected chi connectivity index (χ3v) is 3.01. The molecule has 1 saturated heterocycles. The molecule has 1 fully saturated rings. The number of hydrogen-bond donors (Lipinski definition) is 1. The molecule has 0 aromatic carbocycles. The molecular weight excluding hydrogens is 150 g/mol. The zero-order valence-electron chi connectivity index (χ0n) is 5.92. The Labute approximate surface area is 62.6 Å². The summed E-state index contributed by atoms with van der Waals surface area (Å²) in [6.07, 6.45) is 0.517. The molecule has 1 rings (SSSR count). The highest BCUT2D eigenvalue weighted by Gasteiger charge is 2.25. The van der Waals surface area contributed by atoms with Gasteiger partial charge in [-0.25, -0.2) is 0 Å². The van der Waals surface area contributed by atoms with Gasteiger partial charge >= 0.3 is 0 Å². The lowest BCUT2D eigenvalue weighted by Gasteiger charge is -2.25. The first-order chi connectivity index (χ1) is 4.72. The maximum absolute atomic E-state index is 10.7. The maximum atomic E-state index is 10.7. The normalized spacial score (nSPS) is 30.9. The molecule has 1 aliphatic heterocycles. The van der Waals surface area contributed by atoms with Crippen molar-refractivity contribution < 1.29 is 9.00 Å². The summed E-state index contributed by atoms with van der Waals surface area (Å²) in [5.74, 6) is 1.35. The van der Waals surface area contributed by atoms with Crippen LogP contribution in [0.25, 0.3) is 0 Å². The average molecular weight is 161 g/mol. The highest BCUT2D eigenvalue weighted by Crippen LogP contribution is 2.04. The average Bonchev–Trinajstić information content (AvgIpc) is 1.84. The molecule has 1 amide bonds. The van der Waals surface area contributed by atoms with Crippen LogP contribution in [-0.4, -0.2) is 27.7 Å². The molecule has 1 N–H and O–H groups in total. The van der Waals surface area contributed by atoms with Crippen molar-refractivity contribution in [3.05, 3.63) is 0 Å². The van der Waals surface area contributed by atoms with Crippen LogP contribution in [0.5, 0.6) is 0 Å². The molecule has 1 heterocycles. The van der Waals surface area contributed by atoms with Gasteiger partial charge in [-0.1, -0.05) is 6.92 Å². The van der Waals surface area contributed by atoms with Crippen molar-refractivity contribution >= 4 is 16.7 Å². The van der Waals surface area contributed by atoms with E-state index in [9.17, 15) is 9.00 Å². The molecule has 0 atom stereocenters. The van der Waals surface area contributed by atoms with E-state index >= 15 is 0 Å². The largest absolute Gasteiger partial charge is 0.352 e. The molecule has 0 spiro atoms. The smallest absolute Gasteiger partial charge is 0.219 e. The maximum Gasteiger partial charge on any atom is 0.219 e. The molecule has 0 unspecified atom stereocenters. The van der Waals surface area contributed by atoms with Crippen LogP contribution in [0.2, 0.25) is 0 Å². The van der Waals surface area contributed by atoms with E-state index in [4.69, 9.17) is 0 Å². The molecule has 4 heteroatoms. The highest BCUT2D eigenvalue weighted by molar-refractivity contribution is 7.86. The Balaban J connectivity index is 2.16. The van der Waals surface area contributed by atoms with E-state index in [1.54, 1.807) is 0 Å². The van der Waals surface area contributed by atoms with Crippen LogP contribution in [0, 0.1) is 0 Å². The fraction of sp³-hybridized carbons (Fsp3) is 0.833. The molecule has 0 aromatic rings. The molecular formula is C6H11NO2S. The molecule has 0 aromatic heterocycles. The fourth-order valence-corrected chi connectivity index (χ4v) is 1.78. The number of rotatable bonds is 2. The zero-order valence-corrected chi connectivity index (χ0v) is 6.74. The van der Waals surface area contributed by atoms with Crippen molar-refractivity contribution in [3.63, 3.8) is 0 Å². The number of carbonyl (C=O) groups is 1. The van der Waals surface area contributed by atoms with E-state index in [2.05, 4.69) is 5.32 Å². The van der Waals surface area contributed by atoms with Gasteiger partial charge in [0, 0.05) is 28.7 Å². The molecule has 3 nitrogen and oxygen atoms in total. The summed E-state index contributed by atoms with van der Waals surface area (Å²) < 4.78 is 10.5. The first-order valence-electron chi connectivity index (χ1n) is 3.36. The Bertz CT molecular complexity index is 161. The summed E-state index contributed by atoms with van der Waals surface area (Å²) in [6, 6.07) is 0.188. The third-order valence-electron chi connectivity index (χ3n) is 1.46. The van der Waals surface area contributed by atoms with Crippen LogP contribution in [0.4, 0.5) is 0 Å². The topological polar surface area (TPSA) is 46.2 Å². The number of amides is 1. The summed E-state index contributed by atoms with van der Waals surface area (Å²) in [4.78, 5) is 10.7. The van der Waals surface area contributed by atoms with Crippen molar-refractivity contribution in [3.8, 4) is 0 Å². The number of hydrogen-bond acceptors (Lipinski definition) is 2. The van der Waals surface area contributed by atoms with Crippen molar-refractivity contribution in [2.75, 3.05) is 11.5 Å². The predicted octanol–water partition coefficient (Wildman–Crippen LogP) is -0.357. The second-order valence-electron chi connectivity index (χ2n) is 2.39. The standard InChI is InChI=1S/C6H11NO2S/c1-2-6(8)7-5-3-10(9)4-5/h5H,2-4H2,1H3,(H,7,8). The van der Waals surface area contributed by atoms with Crippen molar-refractivity contribution in [2.24, 2.45) is 0 Å². The Morgan fingerprint density at radius 3 is 2.70 bits per heavy atom. The molecule has 58 valence electrons. The second-order valence-corrected chi connectivity index (χ2v) is 3.94. The summed E-state index contributed by atoms with van der Waals surface area (Å²) in [6.45, 7) is 1.81. The SMILES string of the molecule is CCC(=O)NC1CS(=O)C1. The number of nitrogens with one attached hydrogen (secondary N) is 1. The molecule has 0 bridgehead atoms. The molecule has 0 radical (unpaired) electrons. The van der Waals surface area contributed by atoms with Crippen molar-refractivity contribution in [1.29, 1.82) is 0 Å². The quantitative estimate of drug-likeness (QED) is 0.601. The van der Waals surface area contributed by atoms with Crippen LogP contribution >= 0.6 is 0 Å². The molecule has 0 saturated carbocycles. The Hall–Kier alpha value is -0.380. The van der Waals surface area contributed by atoms with Crippen LogP contribution in [0.15, 0.2) is 0 Å². The molecule has 0 aliphatic carbocycles. The molecule has 1 aliphatic rings. The first-order valence-corrected chi connectivity index (χ1v) is 4.85. The van der Waals surface area contributed by atoms with E-state index < -0.39 is 10.8 Å². The van der Waals surface area contributed by atoms with Gasteiger partial charge < -0.3 is 5.32 Å². The van der Waals surface area contributed by atoms with Crippen molar-refractivity contribution in [2.45, 2.75) is 19.4 Å². The van der Waals surface area contributed by atoms with E-state index in [1.165, 1.54) is 0 Å². The lowest BCUT2D eigenvalue weighted by Crippen LogP contribution is -2.50. The van der Waals surface area contributed by atoms with Gasteiger partial charge in [0.1, 0.15) is 0 Å². The predicted molar refractivity (Wildman–Crippen MR) is 40.1 cm³/mol. The van der Waals surface area contributed by atoms with Gasteiger partial charge in [0.05, 0.1) is 6.04 Å². The van der Waals surface area contributed by atoms with E-state index in [0.29, 0.717) is 17.9 Å². The fourth-order valence-electron chi connectivity index (χ4n) is 0.813. The van der Waals surface area contributed by atoms with Crippen LogP contribution in [-0.2, 0) is 15.6 Å². The van der Waals surface area contributed by atoms with E-state index in [1.807, 2.05) is 6.92 Å². The van der Waals surface area contributed by atoms with Gasteiger partial charge in [-0.05, 0) is 0 Å². The number of carbonyl (C=O) groups excluding carboxylic acids is 1. The van der Waals surface area contributed by atoms with Crippen LogP contribution in [0.3, 0.4) is 0 Å². The van der Waals surface area contributed by atoms with Gasteiger partial charge in [0.2, 0.25) is 5.91 Å². The Morgan fingerprint density at radius 1 is 1.70 bits per heavy atom. The minimum Gasteiger partial charge on any atom is -0.352 e. The zero-order chi connectivity index (χ0) is 7.56. The van der Waals surface area contributed by atoms with Gasteiger partial charge in [0.15, 0.2) is 0 Å². The third kappa shape index (κ3) is 1.80. The minimum atomic E-state index is -0.655. The summed E-state index contributed by atoms with van der Waals surface area (Å²) in [5.41, 5.74) is 0. The lowest BCUT2D eigenvalue weighted by atomic mass is 10.3. The summed E-state index contributed by atoms with van der Waals surface area (Å²) in [5, 5.41) is 2.76. The van der Waals surface area contributed by atoms with E-state index in [0.717, 1.165) is 0 Å². The lowest BCUT2D eigenvalue weighted by molar-refractivity contribution is -0.121. The van der Waals surface area contributed by atoms with Crippen molar-refractivity contribution in [1.82, 2.24) is 5.32 Å². The first kappa shape index (κ1) is 7.72. The van der Waals surface area contributed by atoms with E-state index in [-0.39, 0.29) is 11.9 Å².